The largest absolute Gasteiger partial charge is 0.573 e. The number of rotatable bonds is 6. The molecular weight excluding hydrogens is 417 g/mol. The molecule has 1 amide bonds. The quantitative estimate of drug-likeness (QED) is 0.310. The van der Waals surface area contributed by atoms with Crippen LogP contribution in [-0.4, -0.2) is 69.0 Å². The van der Waals surface area contributed by atoms with E-state index in [2.05, 4.69) is 20.2 Å². The van der Waals surface area contributed by atoms with Crippen molar-refractivity contribution >= 4 is 21.8 Å². The zero-order valence-corrected chi connectivity index (χ0v) is 16.1. The van der Waals surface area contributed by atoms with Crippen LogP contribution in [0, 0.1) is 0 Å². The van der Waals surface area contributed by atoms with Gasteiger partial charge < -0.3 is 15.4 Å². The molecule has 1 aliphatic rings. The van der Waals surface area contributed by atoms with Crippen LogP contribution in [0.15, 0.2) is 44.6 Å². The number of ether oxygens (including phenoxy) is 1. The molecule has 0 bridgehead atoms. The van der Waals surface area contributed by atoms with Gasteiger partial charge in [-0.2, -0.15) is 9.42 Å². The number of carbonyl (C=O) groups is 1. The maximum atomic E-state index is 12.7. The van der Waals surface area contributed by atoms with E-state index in [0.29, 0.717) is 0 Å². The molecule has 1 saturated heterocycles. The number of nitrogens with zero attached hydrogens (tertiary/aromatic N) is 5. The molecule has 160 valence electrons. The molecule has 1 fully saturated rings. The SMILES string of the molecule is CN=N/N=C(\N)CC(=O)N1CCN(S(=O)(=O)c2ccc(OC(F)(F)F)cc2)CC1. The summed E-state index contributed by atoms with van der Waals surface area (Å²) in [5.41, 5.74) is 5.55. The average molecular weight is 436 g/mol. The minimum atomic E-state index is -4.86. The lowest BCUT2D eigenvalue weighted by atomic mass is 10.3. The lowest BCUT2D eigenvalue weighted by Crippen LogP contribution is -2.51. The van der Waals surface area contributed by atoms with Gasteiger partial charge in [-0.1, -0.05) is 0 Å². The number of benzene rings is 1. The predicted molar refractivity (Wildman–Crippen MR) is 95.5 cm³/mol. The number of amidine groups is 1. The van der Waals surface area contributed by atoms with E-state index in [1.165, 1.54) is 11.9 Å². The Bertz CT molecular complexity index is 878. The topological polar surface area (TPSA) is 130 Å². The molecule has 0 aliphatic carbocycles. The molecular formula is C15H19F3N6O4S. The predicted octanol–water partition coefficient (Wildman–Crippen LogP) is 1.16. The molecule has 0 unspecified atom stereocenters. The van der Waals surface area contributed by atoms with E-state index in [1.807, 2.05) is 0 Å². The summed E-state index contributed by atoms with van der Waals surface area (Å²) in [6.07, 6.45) is -5.04. The van der Waals surface area contributed by atoms with Gasteiger partial charge >= 0.3 is 6.36 Å². The van der Waals surface area contributed by atoms with Crippen LogP contribution in [0.3, 0.4) is 0 Å². The van der Waals surface area contributed by atoms with Gasteiger partial charge in [-0.15, -0.1) is 18.3 Å². The van der Waals surface area contributed by atoms with Crippen molar-refractivity contribution in [2.24, 2.45) is 21.2 Å². The smallest absolute Gasteiger partial charge is 0.406 e. The molecule has 0 spiro atoms. The fraction of sp³-hybridized carbons (Fsp3) is 0.467. The van der Waals surface area contributed by atoms with Crippen LogP contribution in [-0.2, 0) is 14.8 Å². The second-order valence-electron chi connectivity index (χ2n) is 5.86. The number of amides is 1. The molecule has 29 heavy (non-hydrogen) atoms. The summed E-state index contributed by atoms with van der Waals surface area (Å²) in [6.45, 7) is 0.326. The number of nitrogens with two attached hydrogens (primary N) is 1. The van der Waals surface area contributed by atoms with Crippen molar-refractivity contribution in [3.8, 4) is 5.75 Å². The van der Waals surface area contributed by atoms with Crippen LogP contribution < -0.4 is 10.5 Å². The zero-order valence-electron chi connectivity index (χ0n) is 15.3. The molecule has 14 heteroatoms. The number of sulfonamides is 1. The first-order valence-corrected chi connectivity index (χ1v) is 9.72. The van der Waals surface area contributed by atoms with Crippen molar-refractivity contribution < 1.29 is 31.1 Å². The molecule has 2 rings (SSSR count). The van der Waals surface area contributed by atoms with Crippen molar-refractivity contribution in [3.63, 3.8) is 0 Å². The lowest BCUT2D eigenvalue weighted by molar-refractivity contribution is -0.274. The fourth-order valence-corrected chi connectivity index (χ4v) is 3.97. The number of hydrogen-bond acceptors (Lipinski definition) is 6. The summed E-state index contributed by atoms with van der Waals surface area (Å²) in [7, 11) is -2.53. The molecule has 0 atom stereocenters. The summed E-state index contributed by atoms with van der Waals surface area (Å²) >= 11 is 0. The van der Waals surface area contributed by atoms with Gasteiger partial charge in [-0.25, -0.2) is 8.42 Å². The van der Waals surface area contributed by atoms with Crippen LogP contribution in [0.4, 0.5) is 13.2 Å². The van der Waals surface area contributed by atoms with Gasteiger partial charge in [0, 0.05) is 26.2 Å². The monoisotopic (exact) mass is 436 g/mol. The first-order chi connectivity index (χ1) is 13.5. The highest BCUT2D eigenvalue weighted by Gasteiger charge is 2.32. The molecule has 0 saturated carbocycles. The van der Waals surface area contributed by atoms with E-state index in [9.17, 15) is 26.4 Å². The normalized spacial score (nSPS) is 17.0. The number of piperazine rings is 1. The van der Waals surface area contributed by atoms with Crippen LogP contribution >= 0.6 is 0 Å². The molecule has 10 nitrogen and oxygen atoms in total. The van der Waals surface area contributed by atoms with Crippen LogP contribution in [0.2, 0.25) is 0 Å². The molecule has 1 aromatic carbocycles. The summed E-state index contributed by atoms with van der Waals surface area (Å²) in [5.74, 6) is -0.867. The highest BCUT2D eigenvalue weighted by atomic mass is 32.2. The zero-order chi connectivity index (χ0) is 21.7. The maximum absolute atomic E-state index is 12.7. The van der Waals surface area contributed by atoms with Gasteiger partial charge in [-0.05, 0) is 29.5 Å². The van der Waals surface area contributed by atoms with Crippen molar-refractivity contribution in [2.45, 2.75) is 17.7 Å². The summed E-state index contributed by atoms with van der Waals surface area (Å²) in [5, 5.41) is 10.2. The van der Waals surface area contributed by atoms with Crippen LogP contribution in [0.1, 0.15) is 6.42 Å². The number of hydrogen-bond donors (Lipinski definition) is 1. The van der Waals surface area contributed by atoms with Crippen LogP contribution in [0.25, 0.3) is 0 Å². The number of alkyl halides is 3. The van der Waals surface area contributed by atoms with E-state index in [0.717, 1.165) is 28.6 Å². The highest BCUT2D eigenvalue weighted by Crippen LogP contribution is 2.25. The van der Waals surface area contributed by atoms with Crippen molar-refractivity contribution in [2.75, 3.05) is 33.2 Å². The Morgan fingerprint density at radius 2 is 1.76 bits per heavy atom. The van der Waals surface area contributed by atoms with E-state index in [4.69, 9.17) is 5.73 Å². The second-order valence-corrected chi connectivity index (χ2v) is 7.80. The second kappa shape index (κ2) is 9.17. The Hall–Kier alpha value is -2.74. The number of carbonyl (C=O) groups excluding carboxylic acids is 1. The molecule has 0 radical (unpaired) electrons. The lowest BCUT2D eigenvalue weighted by Gasteiger charge is -2.34. The van der Waals surface area contributed by atoms with Gasteiger partial charge in [0.2, 0.25) is 15.9 Å². The molecule has 0 aromatic heterocycles. The fourth-order valence-electron chi connectivity index (χ4n) is 2.54. The minimum absolute atomic E-state index is 0.0168. The maximum Gasteiger partial charge on any atom is 0.573 e. The first kappa shape index (κ1) is 22.5. The molecule has 1 aliphatic heterocycles. The van der Waals surface area contributed by atoms with E-state index >= 15 is 0 Å². The molecule has 2 N–H and O–H groups in total. The Labute approximate surface area is 164 Å². The van der Waals surface area contributed by atoms with Gasteiger partial charge in [0.05, 0.1) is 18.4 Å². The third-order valence-electron chi connectivity index (χ3n) is 3.88. The third kappa shape index (κ3) is 6.39. The van der Waals surface area contributed by atoms with E-state index < -0.39 is 22.1 Å². The van der Waals surface area contributed by atoms with Crippen molar-refractivity contribution in [1.82, 2.24) is 9.21 Å². The van der Waals surface area contributed by atoms with E-state index in [-0.39, 0.29) is 49.2 Å². The van der Waals surface area contributed by atoms with Crippen molar-refractivity contribution in [1.29, 1.82) is 0 Å². The summed E-state index contributed by atoms with van der Waals surface area (Å²) in [4.78, 5) is 13.4. The summed E-state index contributed by atoms with van der Waals surface area (Å²) < 4.78 is 66.8. The first-order valence-electron chi connectivity index (χ1n) is 8.28. The Morgan fingerprint density at radius 3 is 2.28 bits per heavy atom. The standard InChI is InChI=1S/C15H19F3N6O4S/c1-20-22-21-13(19)10-14(25)23-6-8-24(9-7-23)29(26,27)12-4-2-11(3-5-12)28-15(16,17)18/h2-5H,6-10H2,1H3,(H2,19,20,21). The van der Waals surface area contributed by atoms with Crippen LogP contribution in [0.5, 0.6) is 5.75 Å². The number of halogens is 3. The van der Waals surface area contributed by atoms with Gasteiger partial charge in [0.1, 0.15) is 11.6 Å². The molecule has 1 aromatic rings. The average Bonchev–Trinajstić information content (AvgIpc) is 2.65. The summed E-state index contributed by atoms with van der Waals surface area (Å²) in [6, 6.07) is 3.92. The Morgan fingerprint density at radius 1 is 1.17 bits per heavy atom. The van der Waals surface area contributed by atoms with Crippen molar-refractivity contribution in [3.05, 3.63) is 24.3 Å². The van der Waals surface area contributed by atoms with Gasteiger partial charge in [-0.3, -0.25) is 4.79 Å². The Balaban J connectivity index is 1.98. The van der Waals surface area contributed by atoms with Gasteiger partial charge in [0.15, 0.2) is 0 Å². The Kier molecular flexibility index (Phi) is 7.13. The van der Waals surface area contributed by atoms with Gasteiger partial charge in [0.25, 0.3) is 0 Å². The molecule has 1 heterocycles. The third-order valence-corrected chi connectivity index (χ3v) is 5.79. The van der Waals surface area contributed by atoms with E-state index in [1.54, 1.807) is 0 Å². The minimum Gasteiger partial charge on any atom is -0.406 e. The highest BCUT2D eigenvalue weighted by molar-refractivity contribution is 7.89.